The molecular weight excluding hydrogens is 266 g/mol. The molecule has 0 unspecified atom stereocenters. The highest BCUT2D eigenvalue weighted by atomic mass is 35.5. The van der Waals surface area contributed by atoms with Crippen molar-refractivity contribution in [2.45, 2.75) is 0 Å². The normalized spacial score (nSPS) is 10.8. The molecule has 1 aromatic carbocycles. The topological polar surface area (TPSA) is 63.3 Å². The van der Waals surface area contributed by atoms with Crippen LogP contribution in [-0.2, 0) is 0 Å². The number of carboxylic acids is 1. The van der Waals surface area contributed by atoms with Crippen LogP contribution in [0.3, 0.4) is 0 Å². The molecule has 0 radical (unpaired) electrons. The second-order valence-corrected chi connectivity index (χ2v) is 4.50. The number of benzene rings is 1. The van der Waals surface area contributed by atoms with Crippen LogP contribution in [0.15, 0.2) is 47.1 Å². The van der Waals surface area contributed by atoms with Gasteiger partial charge in [0.2, 0.25) is 0 Å². The molecule has 1 N–H and O–H groups in total. The highest BCUT2D eigenvalue weighted by Crippen LogP contribution is 2.29. The van der Waals surface area contributed by atoms with Gasteiger partial charge >= 0.3 is 5.97 Å². The molecular formula is C14H8ClNO3. The Bertz CT molecular complexity index is 779. The molecule has 0 aliphatic rings. The van der Waals surface area contributed by atoms with Crippen LogP contribution in [0.25, 0.3) is 22.3 Å². The van der Waals surface area contributed by atoms with Gasteiger partial charge in [0.25, 0.3) is 0 Å². The predicted molar refractivity (Wildman–Crippen MR) is 71.4 cm³/mol. The van der Waals surface area contributed by atoms with Gasteiger partial charge in [0, 0.05) is 28.4 Å². The van der Waals surface area contributed by atoms with E-state index in [0.29, 0.717) is 21.9 Å². The molecule has 0 saturated heterocycles. The second kappa shape index (κ2) is 4.40. The van der Waals surface area contributed by atoms with Gasteiger partial charge in [-0.3, -0.25) is 4.98 Å². The SMILES string of the molecule is O=C(O)c1cncc(-c2cc3cc(Cl)ccc3o2)c1. The Morgan fingerprint density at radius 3 is 2.84 bits per heavy atom. The number of furan rings is 1. The summed E-state index contributed by atoms with van der Waals surface area (Å²) in [4.78, 5) is 14.8. The first kappa shape index (κ1) is 11.7. The molecule has 0 spiro atoms. The zero-order valence-electron chi connectivity index (χ0n) is 9.63. The van der Waals surface area contributed by atoms with Gasteiger partial charge in [-0.25, -0.2) is 4.79 Å². The lowest BCUT2D eigenvalue weighted by Gasteiger charge is -1.97. The molecule has 5 heteroatoms. The number of carboxylic acid groups (broad SMARTS) is 1. The average molecular weight is 274 g/mol. The second-order valence-electron chi connectivity index (χ2n) is 4.06. The lowest BCUT2D eigenvalue weighted by molar-refractivity contribution is 0.0696. The summed E-state index contributed by atoms with van der Waals surface area (Å²) in [5, 5.41) is 10.4. The van der Waals surface area contributed by atoms with E-state index in [9.17, 15) is 4.79 Å². The third kappa shape index (κ3) is 2.18. The zero-order valence-corrected chi connectivity index (χ0v) is 10.4. The molecule has 4 nitrogen and oxygen atoms in total. The van der Waals surface area contributed by atoms with Gasteiger partial charge in [-0.05, 0) is 30.3 Å². The van der Waals surface area contributed by atoms with E-state index >= 15 is 0 Å². The van der Waals surface area contributed by atoms with Crippen LogP contribution in [0.1, 0.15) is 10.4 Å². The lowest BCUT2D eigenvalue weighted by Crippen LogP contribution is -1.96. The molecule has 19 heavy (non-hydrogen) atoms. The molecule has 0 aliphatic heterocycles. The molecule has 94 valence electrons. The van der Waals surface area contributed by atoms with Crippen molar-refractivity contribution in [1.82, 2.24) is 4.98 Å². The van der Waals surface area contributed by atoms with E-state index in [1.165, 1.54) is 12.3 Å². The van der Waals surface area contributed by atoms with Gasteiger partial charge in [-0.15, -0.1) is 0 Å². The van der Waals surface area contributed by atoms with Crippen molar-refractivity contribution < 1.29 is 14.3 Å². The predicted octanol–water partition coefficient (Wildman–Crippen LogP) is 3.85. The fourth-order valence-electron chi connectivity index (χ4n) is 1.85. The van der Waals surface area contributed by atoms with Crippen LogP contribution < -0.4 is 0 Å². The summed E-state index contributed by atoms with van der Waals surface area (Å²) in [6.07, 6.45) is 2.86. The van der Waals surface area contributed by atoms with Crippen LogP contribution >= 0.6 is 11.6 Å². The van der Waals surface area contributed by atoms with Gasteiger partial charge in [0.1, 0.15) is 11.3 Å². The number of fused-ring (bicyclic) bond motifs is 1. The summed E-state index contributed by atoms with van der Waals surface area (Å²) in [6, 6.07) is 8.63. The van der Waals surface area contributed by atoms with Gasteiger partial charge < -0.3 is 9.52 Å². The van der Waals surface area contributed by atoms with Crippen LogP contribution in [0, 0.1) is 0 Å². The van der Waals surface area contributed by atoms with Crippen molar-refractivity contribution in [2.75, 3.05) is 0 Å². The number of pyridine rings is 1. The highest BCUT2D eigenvalue weighted by molar-refractivity contribution is 6.31. The van der Waals surface area contributed by atoms with Gasteiger partial charge in [-0.2, -0.15) is 0 Å². The fraction of sp³-hybridized carbons (Fsp3) is 0. The van der Waals surface area contributed by atoms with Crippen LogP contribution in [0.2, 0.25) is 5.02 Å². The van der Waals surface area contributed by atoms with Crippen molar-refractivity contribution in [2.24, 2.45) is 0 Å². The fourth-order valence-corrected chi connectivity index (χ4v) is 2.03. The van der Waals surface area contributed by atoms with E-state index in [0.717, 1.165) is 5.39 Å². The number of aromatic nitrogens is 1. The van der Waals surface area contributed by atoms with Crippen molar-refractivity contribution in [3.63, 3.8) is 0 Å². The van der Waals surface area contributed by atoms with E-state index in [4.69, 9.17) is 21.1 Å². The highest BCUT2D eigenvalue weighted by Gasteiger charge is 2.10. The Kier molecular flexibility index (Phi) is 2.72. The summed E-state index contributed by atoms with van der Waals surface area (Å²) in [7, 11) is 0. The number of nitrogens with zero attached hydrogens (tertiary/aromatic N) is 1. The first-order chi connectivity index (χ1) is 9.13. The molecule has 0 atom stereocenters. The standard InChI is InChI=1S/C14H8ClNO3/c15-11-1-2-12-8(4-11)5-13(19-12)9-3-10(14(17)18)7-16-6-9/h1-7H,(H,17,18). The van der Waals surface area contributed by atoms with E-state index in [1.807, 2.05) is 6.07 Å². The molecule has 0 bridgehead atoms. The molecule has 0 amide bonds. The smallest absolute Gasteiger partial charge is 0.337 e. The Hall–Kier alpha value is -2.33. The molecule has 3 aromatic rings. The van der Waals surface area contributed by atoms with Crippen LogP contribution in [-0.4, -0.2) is 16.1 Å². The van der Waals surface area contributed by atoms with Gasteiger partial charge in [-0.1, -0.05) is 11.6 Å². The Balaban J connectivity index is 2.13. The maximum atomic E-state index is 10.9. The van der Waals surface area contributed by atoms with Gasteiger partial charge in [0.05, 0.1) is 5.56 Å². The summed E-state index contributed by atoms with van der Waals surface area (Å²) < 4.78 is 5.65. The summed E-state index contributed by atoms with van der Waals surface area (Å²) in [6.45, 7) is 0. The molecule has 0 saturated carbocycles. The van der Waals surface area contributed by atoms with E-state index < -0.39 is 5.97 Å². The minimum absolute atomic E-state index is 0.121. The van der Waals surface area contributed by atoms with Gasteiger partial charge in [0.15, 0.2) is 0 Å². The quantitative estimate of drug-likeness (QED) is 0.770. The van der Waals surface area contributed by atoms with Crippen molar-refractivity contribution in [3.8, 4) is 11.3 Å². The minimum Gasteiger partial charge on any atom is -0.478 e. The lowest BCUT2D eigenvalue weighted by atomic mass is 10.1. The maximum Gasteiger partial charge on any atom is 0.337 e. The number of halogens is 1. The summed E-state index contributed by atoms with van der Waals surface area (Å²) >= 11 is 5.91. The largest absolute Gasteiger partial charge is 0.478 e. The van der Waals surface area contributed by atoms with E-state index in [2.05, 4.69) is 4.98 Å². The Morgan fingerprint density at radius 1 is 1.21 bits per heavy atom. The van der Waals surface area contributed by atoms with Crippen LogP contribution in [0.4, 0.5) is 0 Å². The summed E-state index contributed by atoms with van der Waals surface area (Å²) in [5.74, 6) is -0.457. The van der Waals surface area contributed by atoms with E-state index in [1.54, 1.807) is 24.4 Å². The number of hydrogen-bond acceptors (Lipinski definition) is 3. The molecule has 0 fully saturated rings. The molecule has 3 rings (SSSR count). The maximum absolute atomic E-state index is 10.9. The number of rotatable bonds is 2. The van der Waals surface area contributed by atoms with Crippen LogP contribution in [0.5, 0.6) is 0 Å². The Labute approximate surface area is 113 Å². The first-order valence-corrected chi connectivity index (χ1v) is 5.89. The molecule has 0 aliphatic carbocycles. The minimum atomic E-state index is -1.02. The average Bonchev–Trinajstić information content (AvgIpc) is 2.81. The zero-order chi connectivity index (χ0) is 13.4. The summed E-state index contributed by atoms with van der Waals surface area (Å²) in [5.41, 5.74) is 1.43. The van der Waals surface area contributed by atoms with E-state index in [-0.39, 0.29) is 5.56 Å². The monoisotopic (exact) mass is 273 g/mol. The van der Waals surface area contributed by atoms with Crippen molar-refractivity contribution >= 4 is 28.5 Å². The van der Waals surface area contributed by atoms with Crippen molar-refractivity contribution in [3.05, 3.63) is 53.3 Å². The number of aromatic carboxylic acids is 1. The van der Waals surface area contributed by atoms with Crippen molar-refractivity contribution in [1.29, 1.82) is 0 Å². The first-order valence-electron chi connectivity index (χ1n) is 5.51. The molecule has 2 heterocycles. The molecule has 2 aromatic heterocycles. The third-order valence-corrected chi connectivity index (χ3v) is 2.98. The number of hydrogen-bond donors (Lipinski definition) is 1. The number of carbonyl (C=O) groups is 1. The Morgan fingerprint density at radius 2 is 2.05 bits per heavy atom. The third-order valence-electron chi connectivity index (χ3n) is 2.75.